The summed E-state index contributed by atoms with van der Waals surface area (Å²) in [4.78, 5) is 12.2. The normalized spacial score (nSPS) is 17.5. The highest BCUT2D eigenvalue weighted by atomic mass is 16.3. The Balaban J connectivity index is 2.13. The van der Waals surface area contributed by atoms with E-state index < -0.39 is 5.54 Å². The monoisotopic (exact) mass is 258 g/mol. The molecule has 1 aliphatic rings. The minimum Gasteiger partial charge on any atom is -0.394 e. The Labute approximate surface area is 113 Å². The molecule has 1 aromatic carbocycles. The third-order valence-electron chi connectivity index (χ3n) is 3.75. The molecule has 0 unspecified atom stereocenters. The third-order valence-corrected chi connectivity index (χ3v) is 3.75. The number of benzene rings is 1. The van der Waals surface area contributed by atoms with Gasteiger partial charge in [-0.05, 0) is 31.0 Å². The standard InChI is InChI=1S/C15H18N2O2/c16-10-12-5-4-6-13(9-12)14(19)17-15(11-18)7-2-1-3-8-15/h4-6,9,18H,1-3,7-8,11H2,(H,17,19). The number of nitriles is 1. The van der Waals surface area contributed by atoms with E-state index in [1.165, 1.54) is 0 Å². The van der Waals surface area contributed by atoms with Crippen LogP contribution in [0.25, 0.3) is 0 Å². The summed E-state index contributed by atoms with van der Waals surface area (Å²) in [6.45, 7) is -0.0311. The molecule has 0 atom stereocenters. The average molecular weight is 258 g/mol. The van der Waals surface area contributed by atoms with E-state index in [1.54, 1.807) is 24.3 Å². The second-order valence-corrected chi connectivity index (χ2v) is 5.15. The minimum atomic E-state index is -0.488. The number of hydrogen-bond acceptors (Lipinski definition) is 3. The van der Waals surface area contributed by atoms with Gasteiger partial charge in [0.1, 0.15) is 0 Å². The first kappa shape index (κ1) is 13.6. The zero-order valence-corrected chi connectivity index (χ0v) is 10.9. The van der Waals surface area contributed by atoms with Gasteiger partial charge in [0.05, 0.1) is 23.8 Å². The largest absolute Gasteiger partial charge is 0.394 e. The van der Waals surface area contributed by atoms with Crippen molar-refractivity contribution in [3.05, 3.63) is 35.4 Å². The Morgan fingerprint density at radius 2 is 2.11 bits per heavy atom. The first-order valence-corrected chi connectivity index (χ1v) is 6.63. The van der Waals surface area contributed by atoms with E-state index >= 15 is 0 Å². The number of nitrogens with zero attached hydrogens (tertiary/aromatic N) is 1. The lowest BCUT2D eigenvalue weighted by Gasteiger charge is -2.36. The second kappa shape index (κ2) is 5.85. The number of aliphatic hydroxyl groups excluding tert-OH is 1. The van der Waals surface area contributed by atoms with Crippen molar-refractivity contribution in [2.75, 3.05) is 6.61 Å². The average Bonchev–Trinajstić information content (AvgIpc) is 2.48. The van der Waals surface area contributed by atoms with Crippen LogP contribution < -0.4 is 5.32 Å². The highest BCUT2D eigenvalue weighted by Gasteiger charge is 2.33. The highest BCUT2D eigenvalue weighted by Crippen LogP contribution is 2.28. The number of carbonyl (C=O) groups excluding carboxylic acids is 1. The lowest BCUT2D eigenvalue weighted by molar-refractivity contribution is 0.0758. The van der Waals surface area contributed by atoms with Gasteiger partial charge < -0.3 is 10.4 Å². The van der Waals surface area contributed by atoms with Crippen molar-refractivity contribution in [1.82, 2.24) is 5.32 Å². The van der Waals surface area contributed by atoms with E-state index in [0.717, 1.165) is 32.1 Å². The quantitative estimate of drug-likeness (QED) is 0.870. The van der Waals surface area contributed by atoms with Gasteiger partial charge in [0, 0.05) is 5.56 Å². The zero-order chi connectivity index (χ0) is 13.7. The number of amides is 1. The number of hydrogen-bond donors (Lipinski definition) is 2. The maximum Gasteiger partial charge on any atom is 0.251 e. The molecule has 1 aliphatic carbocycles. The molecular weight excluding hydrogens is 240 g/mol. The smallest absolute Gasteiger partial charge is 0.251 e. The van der Waals surface area contributed by atoms with Crippen LogP contribution in [0.15, 0.2) is 24.3 Å². The Morgan fingerprint density at radius 3 is 2.74 bits per heavy atom. The fourth-order valence-electron chi connectivity index (χ4n) is 2.59. The molecule has 19 heavy (non-hydrogen) atoms. The van der Waals surface area contributed by atoms with Crippen LogP contribution in [0.2, 0.25) is 0 Å². The van der Waals surface area contributed by atoms with Crippen LogP contribution in [0.1, 0.15) is 48.0 Å². The van der Waals surface area contributed by atoms with Crippen molar-refractivity contribution in [2.45, 2.75) is 37.6 Å². The molecule has 1 aromatic rings. The van der Waals surface area contributed by atoms with Gasteiger partial charge in [0.15, 0.2) is 0 Å². The van der Waals surface area contributed by atoms with Gasteiger partial charge in [-0.2, -0.15) is 5.26 Å². The van der Waals surface area contributed by atoms with Crippen LogP contribution in [-0.4, -0.2) is 23.2 Å². The fraction of sp³-hybridized carbons (Fsp3) is 0.467. The molecule has 2 rings (SSSR count). The van der Waals surface area contributed by atoms with Crippen molar-refractivity contribution >= 4 is 5.91 Å². The molecule has 0 heterocycles. The first-order valence-electron chi connectivity index (χ1n) is 6.63. The summed E-state index contributed by atoms with van der Waals surface area (Å²) >= 11 is 0. The number of aliphatic hydroxyl groups is 1. The zero-order valence-electron chi connectivity index (χ0n) is 10.9. The molecule has 100 valence electrons. The Kier molecular flexibility index (Phi) is 4.18. The fourth-order valence-corrected chi connectivity index (χ4v) is 2.59. The third kappa shape index (κ3) is 3.12. The molecule has 1 amide bonds. The minimum absolute atomic E-state index is 0.0311. The van der Waals surface area contributed by atoms with Crippen LogP contribution in [0, 0.1) is 11.3 Å². The molecule has 0 aliphatic heterocycles. The maximum atomic E-state index is 12.2. The van der Waals surface area contributed by atoms with Crippen molar-refractivity contribution in [3.8, 4) is 6.07 Å². The summed E-state index contributed by atoms with van der Waals surface area (Å²) in [6, 6.07) is 8.64. The van der Waals surface area contributed by atoms with Crippen molar-refractivity contribution < 1.29 is 9.90 Å². The maximum absolute atomic E-state index is 12.2. The van der Waals surface area contributed by atoms with Gasteiger partial charge >= 0.3 is 0 Å². The summed E-state index contributed by atoms with van der Waals surface area (Å²) in [5.74, 6) is -0.215. The molecule has 2 N–H and O–H groups in total. The summed E-state index contributed by atoms with van der Waals surface area (Å²) in [5, 5.41) is 21.4. The van der Waals surface area contributed by atoms with Crippen LogP contribution in [0.4, 0.5) is 0 Å². The number of carbonyl (C=O) groups is 1. The summed E-state index contributed by atoms with van der Waals surface area (Å²) in [5.41, 5.74) is 0.449. The Bertz CT molecular complexity index is 499. The van der Waals surface area contributed by atoms with Gasteiger partial charge in [-0.15, -0.1) is 0 Å². The lowest BCUT2D eigenvalue weighted by Crippen LogP contribution is -2.52. The predicted octanol–water partition coefficient (Wildman–Crippen LogP) is 1.98. The molecular formula is C15H18N2O2. The van der Waals surface area contributed by atoms with E-state index in [-0.39, 0.29) is 12.5 Å². The van der Waals surface area contributed by atoms with Gasteiger partial charge in [-0.3, -0.25) is 4.79 Å². The van der Waals surface area contributed by atoms with Crippen LogP contribution in [0.5, 0.6) is 0 Å². The van der Waals surface area contributed by atoms with Gasteiger partial charge in [-0.1, -0.05) is 25.3 Å². The highest BCUT2D eigenvalue weighted by molar-refractivity contribution is 5.95. The molecule has 1 fully saturated rings. The van der Waals surface area contributed by atoms with Crippen LogP contribution >= 0.6 is 0 Å². The summed E-state index contributed by atoms with van der Waals surface area (Å²) in [6.07, 6.45) is 4.83. The van der Waals surface area contributed by atoms with Crippen molar-refractivity contribution in [1.29, 1.82) is 5.26 Å². The number of rotatable bonds is 3. The number of nitrogens with one attached hydrogen (secondary N) is 1. The summed E-state index contributed by atoms with van der Waals surface area (Å²) in [7, 11) is 0. The Hall–Kier alpha value is -1.86. The predicted molar refractivity (Wildman–Crippen MR) is 71.5 cm³/mol. The molecule has 0 bridgehead atoms. The van der Waals surface area contributed by atoms with Gasteiger partial charge in [0.2, 0.25) is 0 Å². The van der Waals surface area contributed by atoms with E-state index in [2.05, 4.69) is 5.32 Å². The molecule has 4 heteroatoms. The molecule has 4 nitrogen and oxygen atoms in total. The van der Waals surface area contributed by atoms with Crippen molar-refractivity contribution in [3.63, 3.8) is 0 Å². The van der Waals surface area contributed by atoms with Crippen LogP contribution in [0.3, 0.4) is 0 Å². The topological polar surface area (TPSA) is 73.1 Å². The van der Waals surface area contributed by atoms with Crippen LogP contribution in [-0.2, 0) is 0 Å². The second-order valence-electron chi connectivity index (χ2n) is 5.15. The van der Waals surface area contributed by atoms with Gasteiger partial charge in [-0.25, -0.2) is 0 Å². The molecule has 0 aromatic heterocycles. The summed E-state index contributed by atoms with van der Waals surface area (Å²) < 4.78 is 0. The van der Waals surface area contributed by atoms with E-state index in [4.69, 9.17) is 5.26 Å². The SMILES string of the molecule is N#Cc1cccc(C(=O)NC2(CO)CCCCC2)c1. The van der Waals surface area contributed by atoms with E-state index in [1.807, 2.05) is 6.07 Å². The molecule has 0 spiro atoms. The first-order chi connectivity index (χ1) is 9.19. The van der Waals surface area contributed by atoms with Gasteiger partial charge in [0.25, 0.3) is 5.91 Å². The lowest BCUT2D eigenvalue weighted by atomic mass is 9.82. The van der Waals surface area contributed by atoms with E-state index in [9.17, 15) is 9.90 Å². The van der Waals surface area contributed by atoms with Crippen molar-refractivity contribution in [2.24, 2.45) is 0 Å². The molecule has 0 radical (unpaired) electrons. The molecule has 1 saturated carbocycles. The molecule has 0 saturated heterocycles. The van der Waals surface area contributed by atoms with E-state index in [0.29, 0.717) is 11.1 Å². The Morgan fingerprint density at radius 1 is 1.37 bits per heavy atom.